The van der Waals surface area contributed by atoms with Gasteiger partial charge in [-0.1, -0.05) is 12.1 Å². The van der Waals surface area contributed by atoms with Crippen molar-refractivity contribution in [2.75, 3.05) is 7.05 Å². The van der Waals surface area contributed by atoms with Crippen LogP contribution in [0, 0.1) is 0 Å². The molecule has 0 bridgehead atoms. The Morgan fingerprint density at radius 3 is 2.35 bits per heavy atom. The maximum absolute atomic E-state index is 12.5. The standard InChI is InChI=1S/C15H17F3N2/c1-11(19-2)13-7-8-20(10-13)9-12-3-5-14(6-4-12)15(16,17)18/h3-8,10-11,19H,9H2,1-2H3. The van der Waals surface area contributed by atoms with Crippen LogP contribution in [0.5, 0.6) is 0 Å². The zero-order valence-corrected chi connectivity index (χ0v) is 11.4. The highest BCUT2D eigenvalue weighted by Gasteiger charge is 2.29. The summed E-state index contributed by atoms with van der Waals surface area (Å²) in [6.45, 7) is 2.62. The van der Waals surface area contributed by atoms with E-state index in [1.807, 2.05) is 30.1 Å². The molecule has 2 aromatic rings. The van der Waals surface area contributed by atoms with Crippen LogP contribution in [0.15, 0.2) is 42.7 Å². The van der Waals surface area contributed by atoms with Gasteiger partial charge in [0, 0.05) is 25.0 Å². The molecule has 1 N–H and O–H groups in total. The van der Waals surface area contributed by atoms with E-state index in [0.717, 1.165) is 23.3 Å². The fraction of sp³-hybridized carbons (Fsp3) is 0.333. The number of halogens is 3. The molecule has 2 nitrogen and oxygen atoms in total. The van der Waals surface area contributed by atoms with E-state index >= 15 is 0 Å². The van der Waals surface area contributed by atoms with Crippen molar-refractivity contribution >= 4 is 0 Å². The summed E-state index contributed by atoms with van der Waals surface area (Å²) in [4.78, 5) is 0. The average molecular weight is 282 g/mol. The summed E-state index contributed by atoms with van der Waals surface area (Å²) in [5.74, 6) is 0. The predicted octanol–water partition coefficient (Wildman–Crippen LogP) is 3.84. The number of hydrogen-bond donors (Lipinski definition) is 1. The summed E-state index contributed by atoms with van der Waals surface area (Å²) in [5.41, 5.74) is 1.38. The largest absolute Gasteiger partial charge is 0.416 e. The number of benzene rings is 1. The topological polar surface area (TPSA) is 17.0 Å². The molecule has 0 aliphatic rings. The first-order valence-electron chi connectivity index (χ1n) is 6.39. The van der Waals surface area contributed by atoms with Gasteiger partial charge in [0.1, 0.15) is 0 Å². The molecule has 0 aliphatic carbocycles. The molecule has 0 aliphatic heterocycles. The normalized spacial score (nSPS) is 13.4. The summed E-state index contributed by atoms with van der Waals surface area (Å²) in [6, 6.07) is 7.54. The van der Waals surface area contributed by atoms with Gasteiger partial charge < -0.3 is 9.88 Å². The minimum absolute atomic E-state index is 0.254. The van der Waals surface area contributed by atoms with Gasteiger partial charge in [0.25, 0.3) is 0 Å². The molecule has 0 amide bonds. The molecule has 1 unspecified atom stereocenters. The Hall–Kier alpha value is -1.75. The number of hydrogen-bond acceptors (Lipinski definition) is 1. The first-order chi connectivity index (χ1) is 9.40. The van der Waals surface area contributed by atoms with Gasteiger partial charge in [0.05, 0.1) is 5.56 Å². The molecular formula is C15H17F3N2. The van der Waals surface area contributed by atoms with Gasteiger partial charge >= 0.3 is 6.18 Å². The zero-order valence-electron chi connectivity index (χ0n) is 11.4. The first-order valence-corrected chi connectivity index (χ1v) is 6.39. The van der Waals surface area contributed by atoms with Gasteiger partial charge in [-0.25, -0.2) is 0 Å². The third-order valence-electron chi connectivity index (χ3n) is 3.35. The van der Waals surface area contributed by atoms with E-state index < -0.39 is 11.7 Å². The lowest BCUT2D eigenvalue weighted by atomic mass is 10.1. The first kappa shape index (κ1) is 14.7. The van der Waals surface area contributed by atoms with E-state index in [4.69, 9.17) is 0 Å². The van der Waals surface area contributed by atoms with Gasteiger partial charge in [-0.15, -0.1) is 0 Å². The second-order valence-corrected chi connectivity index (χ2v) is 4.82. The third kappa shape index (κ3) is 3.42. The van der Waals surface area contributed by atoms with Crippen molar-refractivity contribution in [1.82, 2.24) is 9.88 Å². The maximum Gasteiger partial charge on any atom is 0.416 e. The number of aromatic nitrogens is 1. The molecule has 1 atom stereocenters. The molecule has 1 aromatic carbocycles. The summed E-state index contributed by atoms with van der Waals surface area (Å²) in [7, 11) is 1.89. The summed E-state index contributed by atoms with van der Waals surface area (Å²) in [6.07, 6.45) is -0.346. The number of nitrogens with zero attached hydrogens (tertiary/aromatic N) is 1. The van der Waals surface area contributed by atoms with Crippen molar-refractivity contribution in [3.8, 4) is 0 Å². The summed E-state index contributed by atoms with van der Waals surface area (Å²) < 4.78 is 39.4. The molecule has 1 aromatic heterocycles. The minimum Gasteiger partial charge on any atom is -0.350 e. The van der Waals surface area contributed by atoms with Crippen LogP contribution in [0.2, 0.25) is 0 Å². The fourth-order valence-electron chi connectivity index (χ4n) is 1.99. The van der Waals surface area contributed by atoms with E-state index in [1.165, 1.54) is 12.1 Å². The van der Waals surface area contributed by atoms with Crippen molar-refractivity contribution in [3.05, 3.63) is 59.4 Å². The molecule has 20 heavy (non-hydrogen) atoms. The van der Waals surface area contributed by atoms with Crippen molar-refractivity contribution in [1.29, 1.82) is 0 Å². The van der Waals surface area contributed by atoms with Crippen LogP contribution in [0.4, 0.5) is 13.2 Å². The van der Waals surface area contributed by atoms with Crippen LogP contribution in [-0.4, -0.2) is 11.6 Å². The maximum atomic E-state index is 12.5. The lowest BCUT2D eigenvalue weighted by Crippen LogP contribution is -2.11. The molecule has 0 saturated carbocycles. The summed E-state index contributed by atoms with van der Waals surface area (Å²) >= 11 is 0. The Labute approximate surface area is 116 Å². The second kappa shape index (κ2) is 5.71. The minimum atomic E-state index is -4.28. The van der Waals surface area contributed by atoms with Crippen LogP contribution in [0.1, 0.15) is 29.7 Å². The van der Waals surface area contributed by atoms with E-state index in [0.29, 0.717) is 6.54 Å². The third-order valence-corrected chi connectivity index (χ3v) is 3.35. The molecule has 1 heterocycles. The highest BCUT2D eigenvalue weighted by molar-refractivity contribution is 5.25. The van der Waals surface area contributed by atoms with E-state index in [1.54, 1.807) is 0 Å². The molecular weight excluding hydrogens is 265 g/mol. The quantitative estimate of drug-likeness (QED) is 0.901. The molecule has 0 fully saturated rings. The van der Waals surface area contributed by atoms with Crippen molar-refractivity contribution < 1.29 is 13.2 Å². The smallest absolute Gasteiger partial charge is 0.350 e. The average Bonchev–Trinajstić information content (AvgIpc) is 2.86. The van der Waals surface area contributed by atoms with E-state index in [2.05, 4.69) is 12.2 Å². The number of alkyl halides is 3. The molecule has 0 spiro atoms. The molecule has 5 heteroatoms. The molecule has 2 rings (SSSR count). The predicted molar refractivity (Wildman–Crippen MR) is 72.5 cm³/mol. The van der Waals surface area contributed by atoms with Crippen LogP contribution in [0.25, 0.3) is 0 Å². The second-order valence-electron chi connectivity index (χ2n) is 4.82. The SMILES string of the molecule is CNC(C)c1ccn(Cc2ccc(C(F)(F)F)cc2)c1. The lowest BCUT2D eigenvalue weighted by Gasteiger charge is -2.09. The number of rotatable bonds is 4. The Bertz CT molecular complexity index is 555. The van der Waals surface area contributed by atoms with Crippen LogP contribution < -0.4 is 5.32 Å². The Kier molecular flexibility index (Phi) is 4.18. The fourth-order valence-corrected chi connectivity index (χ4v) is 1.99. The Morgan fingerprint density at radius 2 is 1.80 bits per heavy atom. The van der Waals surface area contributed by atoms with Gasteiger partial charge in [-0.05, 0) is 43.3 Å². The summed E-state index contributed by atoms with van der Waals surface area (Å²) in [5, 5.41) is 3.14. The van der Waals surface area contributed by atoms with Gasteiger partial charge in [-0.2, -0.15) is 13.2 Å². The number of nitrogens with one attached hydrogen (secondary N) is 1. The van der Waals surface area contributed by atoms with Crippen LogP contribution >= 0.6 is 0 Å². The van der Waals surface area contributed by atoms with E-state index in [-0.39, 0.29) is 6.04 Å². The lowest BCUT2D eigenvalue weighted by molar-refractivity contribution is -0.137. The highest BCUT2D eigenvalue weighted by Crippen LogP contribution is 2.29. The van der Waals surface area contributed by atoms with Gasteiger partial charge in [0.2, 0.25) is 0 Å². The van der Waals surface area contributed by atoms with Gasteiger partial charge in [0.15, 0.2) is 0 Å². The van der Waals surface area contributed by atoms with Crippen LogP contribution in [-0.2, 0) is 12.7 Å². The van der Waals surface area contributed by atoms with Crippen LogP contribution in [0.3, 0.4) is 0 Å². The zero-order chi connectivity index (χ0) is 14.8. The Morgan fingerprint density at radius 1 is 1.15 bits per heavy atom. The molecule has 0 saturated heterocycles. The Balaban J connectivity index is 2.08. The van der Waals surface area contributed by atoms with Crippen molar-refractivity contribution in [2.24, 2.45) is 0 Å². The monoisotopic (exact) mass is 282 g/mol. The molecule has 0 radical (unpaired) electrons. The molecule has 108 valence electrons. The van der Waals surface area contributed by atoms with Crippen molar-refractivity contribution in [2.45, 2.75) is 25.7 Å². The van der Waals surface area contributed by atoms with E-state index in [9.17, 15) is 13.2 Å². The van der Waals surface area contributed by atoms with Crippen molar-refractivity contribution in [3.63, 3.8) is 0 Å². The highest BCUT2D eigenvalue weighted by atomic mass is 19.4. The van der Waals surface area contributed by atoms with Gasteiger partial charge in [-0.3, -0.25) is 0 Å².